The second-order valence-corrected chi connectivity index (χ2v) is 6.88. The highest BCUT2D eigenvalue weighted by atomic mass is 36.0. The molecule has 0 unspecified atom stereocenters. The summed E-state index contributed by atoms with van der Waals surface area (Å²) in [5, 5.41) is 8.59. The molecule has 0 bridgehead atoms. The maximum absolute atomic E-state index is 9.09. The van der Waals surface area contributed by atoms with E-state index in [4.69, 9.17) is 20.9 Å². The summed E-state index contributed by atoms with van der Waals surface area (Å²) < 4.78 is 9.09. The van der Waals surface area contributed by atoms with Crippen LogP contribution >= 0.6 is 45.4 Å². The van der Waals surface area contributed by atoms with Crippen molar-refractivity contribution >= 4 is 54.6 Å². The van der Waals surface area contributed by atoms with Gasteiger partial charge in [-0.3, -0.25) is 9.97 Å². The van der Waals surface area contributed by atoms with E-state index in [1.165, 1.54) is 0 Å². The Morgan fingerprint density at radius 3 is 1.65 bits per heavy atom. The minimum atomic E-state index is -1.67. The normalized spacial score (nSPS) is 9.00. The van der Waals surface area contributed by atoms with Crippen LogP contribution in [0.25, 0.3) is 0 Å². The fourth-order valence-corrected chi connectivity index (χ4v) is 1.33. The van der Waals surface area contributed by atoms with E-state index in [0.717, 1.165) is 22.5 Å². The number of aliphatic hydroxyl groups is 1. The monoisotopic (exact) mass is 418 g/mol. The molecule has 4 nitrogen and oxygen atoms in total. The third-order valence-corrected chi connectivity index (χ3v) is 2.59. The van der Waals surface area contributed by atoms with Gasteiger partial charge in [0.25, 0.3) is 0 Å². The third kappa shape index (κ3) is 14.9. The molecule has 0 saturated carbocycles. The van der Waals surface area contributed by atoms with Crippen molar-refractivity contribution in [3.63, 3.8) is 0 Å². The minimum Gasteiger partial charge on any atom is -0.392 e. The molecule has 2 heterocycles. The summed E-state index contributed by atoms with van der Waals surface area (Å²) in [7, 11) is 7.36. The van der Waals surface area contributed by atoms with Crippen molar-refractivity contribution in [2.75, 3.05) is 0 Å². The number of rotatable bonds is 2. The molecule has 2 aromatic rings. The van der Waals surface area contributed by atoms with Crippen LogP contribution in [0, 0.1) is 13.8 Å². The van der Waals surface area contributed by atoms with Gasteiger partial charge < -0.3 is 5.11 Å². The van der Waals surface area contributed by atoms with Gasteiger partial charge in [-0.2, -0.15) is 0 Å². The van der Waals surface area contributed by atoms with Gasteiger partial charge in [-0.05, 0) is 37.1 Å². The lowest BCUT2D eigenvalue weighted by molar-refractivity contribution is 0.281. The van der Waals surface area contributed by atoms with E-state index >= 15 is 0 Å². The van der Waals surface area contributed by atoms with Crippen LogP contribution in [0.3, 0.4) is 0 Å². The molecule has 0 amide bonds. The zero-order valence-electron chi connectivity index (χ0n) is 12.6. The number of nitrogens with zero attached hydrogens (tertiary/aromatic N) is 2. The van der Waals surface area contributed by atoms with Crippen LogP contribution in [0.15, 0.2) is 36.7 Å². The molecule has 0 aliphatic carbocycles. The van der Waals surface area contributed by atoms with Crippen LogP contribution in [0.5, 0.6) is 0 Å². The second-order valence-electron chi connectivity index (χ2n) is 4.09. The molecule has 130 valence electrons. The molecule has 0 radical (unpaired) electrons. The van der Waals surface area contributed by atoms with Gasteiger partial charge in [0, 0.05) is 51.0 Å². The Labute approximate surface area is 159 Å². The highest BCUT2D eigenvalue weighted by Crippen LogP contribution is 2.01. The Bertz CT molecular complexity index is 504. The Morgan fingerprint density at radius 1 is 1.00 bits per heavy atom. The van der Waals surface area contributed by atoms with E-state index in [2.05, 4.69) is 31.3 Å². The van der Waals surface area contributed by atoms with Crippen molar-refractivity contribution in [2.45, 2.75) is 26.3 Å². The van der Waals surface area contributed by atoms with Gasteiger partial charge in [-0.1, -0.05) is 12.1 Å². The Kier molecular flexibility index (Phi) is 16.3. The number of hydrogen-bond acceptors (Lipinski definition) is 4. The van der Waals surface area contributed by atoms with Crippen LogP contribution < -0.4 is 0 Å². The Morgan fingerprint density at radius 2 is 1.39 bits per heavy atom. The van der Waals surface area contributed by atoms with Gasteiger partial charge in [0.05, 0.1) is 6.61 Å². The number of hydrogen-bond donors (Lipinski definition) is 1. The van der Waals surface area contributed by atoms with Crippen molar-refractivity contribution in [1.82, 2.24) is 9.97 Å². The van der Waals surface area contributed by atoms with Crippen molar-refractivity contribution in [3.05, 3.63) is 59.2 Å². The first-order chi connectivity index (χ1) is 10.4. The van der Waals surface area contributed by atoms with Crippen LogP contribution in [-0.2, 0) is 21.7 Å². The molecule has 23 heavy (non-hydrogen) atoms. The summed E-state index contributed by atoms with van der Waals surface area (Å²) >= 11 is 5.54. The molecule has 2 rings (SSSR count). The van der Waals surface area contributed by atoms with Gasteiger partial charge in [0.2, 0.25) is 9.23 Å². The number of halogens is 4. The molecule has 0 aromatic carbocycles. The summed E-state index contributed by atoms with van der Waals surface area (Å²) in [6, 6.07) is 7.68. The fraction of sp³-hybridized carbons (Fsp3) is 0.286. The molecular formula is C14H18Cl4N2O2S. The lowest BCUT2D eigenvalue weighted by atomic mass is 10.3. The average Bonchev–Trinajstić information content (AvgIpc) is 2.49. The Hall–Kier alpha value is -0.430. The highest BCUT2D eigenvalue weighted by molar-refractivity contribution is 8.26. The van der Waals surface area contributed by atoms with E-state index in [1.54, 1.807) is 12.4 Å². The topological polar surface area (TPSA) is 63.1 Å². The minimum absolute atomic E-state index is 0. The van der Waals surface area contributed by atoms with Crippen molar-refractivity contribution in [3.8, 4) is 0 Å². The SMILES string of the molecule is Cc1ccc(CCl)cn1.Cc1ccc(CO)cn1.Cl.O=S(Cl)Cl. The molecule has 0 aliphatic heterocycles. The van der Waals surface area contributed by atoms with E-state index in [1.807, 2.05) is 38.1 Å². The maximum atomic E-state index is 9.09. The predicted octanol–water partition coefficient (Wildman–Crippen LogP) is 4.48. The van der Waals surface area contributed by atoms with Crippen molar-refractivity contribution in [2.24, 2.45) is 0 Å². The molecule has 0 aliphatic rings. The summed E-state index contributed by atoms with van der Waals surface area (Å²) in [4.78, 5) is 8.06. The third-order valence-electron chi connectivity index (χ3n) is 2.28. The summed E-state index contributed by atoms with van der Waals surface area (Å²) in [5.74, 6) is 0.549. The quantitative estimate of drug-likeness (QED) is 0.575. The highest BCUT2D eigenvalue weighted by Gasteiger charge is 1.88. The number of aliphatic hydroxyl groups excluding tert-OH is 1. The lowest BCUT2D eigenvalue weighted by Crippen LogP contribution is -1.85. The first-order valence-corrected chi connectivity index (χ1v) is 9.46. The largest absolute Gasteiger partial charge is 0.392 e. The predicted molar refractivity (Wildman–Crippen MR) is 101 cm³/mol. The summed E-state index contributed by atoms with van der Waals surface area (Å²) in [5.41, 5.74) is 3.94. The van der Waals surface area contributed by atoms with Gasteiger partial charge in [-0.15, -0.1) is 24.0 Å². The van der Waals surface area contributed by atoms with E-state index < -0.39 is 9.23 Å². The van der Waals surface area contributed by atoms with Crippen molar-refractivity contribution in [1.29, 1.82) is 0 Å². The fourth-order valence-electron chi connectivity index (χ4n) is 1.17. The Balaban J connectivity index is 0. The lowest BCUT2D eigenvalue weighted by Gasteiger charge is -1.93. The molecule has 0 fully saturated rings. The van der Waals surface area contributed by atoms with E-state index in [9.17, 15) is 0 Å². The van der Waals surface area contributed by atoms with Crippen LogP contribution in [0.2, 0.25) is 0 Å². The average molecular weight is 420 g/mol. The molecule has 0 atom stereocenters. The van der Waals surface area contributed by atoms with Gasteiger partial charge in [-0.25, -0.2) is 4.21 Å². The second kappa shape index (κ2) is 15.1. The molecular weight excluding hydrogens is 402 g/mol. The maximum Gasteiger partial charge on any atom is 0.211 e. The van der Waals surface area contributed by atoms with Crippen molar-refractivity contribution < 1.29 is 9.32 Å². The van der Waals surface area contributed by atoms with Gasteiger partial charge in [0.15, 0.2) is 0 Å². The number of pyridine rings is 2. The van der Waals surface area contributed by atoms with Crippen LogP contribution in [0.1, 0.15) is 22.5 Å². The molecule has 0 spiro atoms. The smallest absolute Gasteiger partial charge is 0.211 e. The number of aryl methyl sites for hydroxylation is 2. The van der Waals surface area contributed by atoms with Crippen LogP contribution in [0.4, 0.5) is 0 Å². The van der Waals surface area contributed by atoms with E-state index in [0.29, 0.717) is 5.88 Å². The molecule has 9 heteroatoms. The zero-order valence-corrected chi connectivity index (χ0v) is 16.5. The summed E-state index contributed by atoms with van der Waals surface area (Å²) in [6.07, 6.45) is 3.47. The van der Waals surface area contributed by atoms with Gasteiger partial charge in [0.1, 0.15) is 0 Å². The summed E-state index contributed by atoms with van der Waals surface area (Å²) in [6.45, 7) is 3.95. The standard InChI is InChI=1S/C7H8ClN.C7H9NO.Cl2OS.ClH/c1-6-2-3-7(4-8)5-9-6;1-6-2-3-7(5-9)4-8-6;1-4(2)3;/h2-3,5H,4H2,1H3;2-4,9H,5H2,1H3;;1H. The van der Waals surface area contributed by atoms with Crippen LogP contribution in [-0.4, -0.2) is 19.3 Å². The van der Waals surface area contributed by atoms with E-state index in [-0.39, 0.29) is 19.0 Å². The number of aromatic nitrogens is 2. The van der Waals surface area contributed by atoms with Gasteiger partial charge >= 0.3 is 0 Å². The zero-order chi connectivity index (χ0) is 17.0. The first kappa shape index (κ1) is 24.8. The first-order valence-electron chi connectivity index (χ1n) is 6.13. The number of alkyl halides is 1. The molecule has 0 saturated heterocycles. The molecule has 1 N–H and O–H groups in total. The molecule has 2 aromatic heterocycles.